The SMILES string of the molecule is CCOC1CCCN(c2ccc(CNC)c(C)c2)C1. The first kappa shape index (κ1) is 14.4. The van der Waals surface area contributed by atoms with Gasteiger partial charge in [-0.3, -0.25) is 0 Å². The van der Waals surface area contributed by atoms with Crippen LogP contribution in [0, 0.1) is 6.92 Å². The molecule has 1 heterocycles. The van der Waals surface area contributed by atoms with Gasteiger partial charge in [0.1, 0.15) is 0 Å². The highest BCUT2D eigenvalue weighted by Crippen LogP contribution is 2.24. The van der Waals surface area contributed by atoms with Crippen molar-refractivity contribution in [2.24, 2.45) is 0 Å². The average molecular weight is 262 g/mol. The second kappa shape index (κ2) is 6.92. The molecule has 0 spiro atoms. The smallest absolute Gasteiger partial charge is 0.0750 e. The van der Waals surface area contributed by atoms with Crippen molar-refractivity contribution in [3.8, 4) is 0 Å². The molecule has 106 valence electrons. The summed E-state index contributed by atoms with van der Waals surface area (Å²) in [5.41, 5.74) is 4.08. The number of piperidine rings is 1. The molecule has 1 unspecified atom stereocenters. The molecular formula is C16H26N2O. The average Bonchev–Trinajstić information content (AvgIpc) is 2.42. The van der Waals surface area contributed by atoms with Crippen LogP contribution in [0.1, 0.15) is 30.9 Å². The lowest BCUT2D eigenvalue weighted by atomic mass is 10.0. The molecule has 3 nitrogen and oxygen atoms in total. The molecule has 1 saturated heterocycles. The van der Waals surface area contributed by atoms with E-state index in [0.717, 1.165) is 26.2 Å². The van der Waals surface area contributed by atoms with Gasteiger partial charge in [-0.25, -0.2) is 0 Å². The van der Waals surface area contributed by atoms with Gasteiger partial charge < -0.3 is 15.0 Å². The van der Waals surface area contributed by atoms with Crippen LogP contribution in [-0.2, 0) is 11.3 Å². The van der Waals surface area contributed by atoms with E-state index in [1.165, 1.54) is 29.7 Å². The number of anilines is 1. The van der Waals surface area contributed by atoms with Crippen LogP contribution in [0.2, 0.25) is 0 Å². The Morgan fingerprint density at radius 2 is 2.26 bits per heavy atom. The molecule has 19 heavy (non-hydrogen) atoms. The highest BCUT2D eigenvalue weighted by atomic mass is 16.5. The van der Waals surface area contributed by atoms with E-state index in [-0.39, 0.29) is 0 Å². The zero-order valence-corrected chi connectivity index (χ0v) is 12.4. The Labute approximate surface area is 116 Å². The van der Waals surface area contributed by atoms with Crippen LogP contribution in [0.3, 0.4) is 0 Å². The first-order chi connectivity index (χ1) is 9.24. The highest BCUT2D eigenvalue weighted by molar-refractivity contribution is 5.51. The van der Waals surface area contributed by atoms with Crippen LogP contribution >= 0.6 is 0 Å². The van der Waals surface area contributed by atoms with E-state index in [0.29, 0.717) is 6.10 Å². The second-order valence-corrected chi connectivity index (χ2v) is 5.31. The largest absolute Gasteiger partial charge is 0.377 e. The third-order valence-corrected chi connectivity index (χ3v) is 3.84. The summed E-state index contributed by atoms with van der Waals surface area (Å²) in [4.78, 5) is 2.46. The van der Waals surface area contributed by atoms with E-state index in [2.05, 4.69) is 42.3 Å². The Kier molecular flexibility index (Phi) is 5.23. The van der Waals surface area contributed by atoms with Gasteiger partial charge in [0.25, 0.3) is 0 Å². The summed E-state index contributed by atoms with van der Waals surface area (Å²) in [6.07, 6.45) is 2.82. The number of hydrogen-bond acceptors (Lipinski definition) is 3. The Bertz CT molecular complexity index is 404. The van der Waals surface area contributed by atoms with Gasteiger partial charge in [0.15, 0.2) is 0 Å². The fraction of sp³-hybridized carbons (Fsp3) is 0.625. The molecule has 1 aliphatic rings. The topological polar surface area (TPSA) is 24.5 Å². The van der Waals surface area contributed by atoms with Gasteiger partial charge in [0.05, 0.1) is 6.10 Å². The number of nitrogens with zero attached hydrogens (tertiary/aromatic N) is 1. The third-order valence-electron chi connectivity index (χ3n) is 3.84. The number of benzene rings is 1. The van der Waals surface area contributed by atoms with Crippen LogP contribution in [0.4, 0.5) is 5.69 Å². The van der Waals surface area contributed by atoms with E-state index >= 15 is 0 Å². The van der Waals surface area contributed by atoms with Crippen LogP contribution in [0.5, 0.6) is 0 Å². The maximum absolute atomic E-state index is 5.78. The molecule has 0 bridgehead atoms. The maximum Gasteiger partial charge on any atom is 0.0750 e. The van der Waals surface area contributed by atoms with Crippen LogP contribution < -0.4 is 10.2 Å². The fourth-order valence-electron chi connectivity index (χ4n) is 2.81. The van der Waals surface area contributed by atoms with Crippen LogP contribution in [-0.4, -0.2) is 32.8 Å². The molecule has 1 fully saturated rings. The zero-order chi connectivity index (χ0) is 13.7. The minimum Gasteiger partial charge on any atom is -0.377 e. The number of rotatable bonds is 5. The molecular weight excluding hydrogens is 236 g/mol. The molecule has 1 atom stereocenters. The van der Waals surface area contributed by atoms with Crippen LogP contribution in [0.15, 0.2) is 18.2 Å². The van der Waals surface area contributed by atoms with Gasteiger partial charge in [0, 0.05) is 31.9 Å². The Morgan fingerprint density at radius 3 is 2.95 bits per heavy atom. The number of hydrogen-bond donors (Lipinski definition) is 1. The lowest BCUT2D eigenvalue weighted by Crippen LogP contribution is -2.39. The van der Waals surface area contributed by atoms with Gasteiger partial charge in [-0.05, 0) is 57.0 Å². The van der Waals surface area contributed by atoms with Gasteiger partial charge >= 0.3 is 0 Å². The van der Waals surface area contributed by atoms with Crippen molar-refractivity contribution in [2.45, 2.75) is 39.3 Å². The third kappa shape index (κ3) is 3.71. The van der Waals surface area contributed by atoms with E-state index < -0.39 is 0 Å². The van der Waals surface area contributed by atoms with Gasteiger partial charge in [-0.15, -0.1) is 0 Å². The van der Waals surface area contributed by atoms with E-state index in [1.54, 1.807) is 0 Å². The molecule has 1 aromatic rings. The van der Waals surface area contributed by atoms with Crippen molar-refractivity contribution in [3.05, 3.63) is 29.3 Å². The minimum atomic E-state index is 0.399. The maximum atomic E-state index is 5.78. The molecule has 1 aromatic carbocycles. The van der Waals surface area contributed by atoms with Crippen molar-refractivity contribution in [1.29, 1.82) is 0 Å². The van der Waals surface area contributed by atoms with E-state index in [1.807, 2.05) is 7.05 Å². The predicted molar refractivity (Wildman–Crippen MR) is 80.8 cm³/mol. The quantitative estimate of drug-likeness (QED) is 0.883. The molecule has 1 N–H and O–H groups in total. The molecule has 0 amide bonds. The summed E-state index contributed by atoms with van der Waals surface area (Å²) in [6.45, 7) is 8.20. The van der Waals surface area contributed by atoms with Gasteiger partial charge in [0.2, 0.25) is 0 Å². The van der Waals surface area contributed by atoms with E-state index in [9.17, 15) is 0 Å². The summed E-state index contributed by atoms with van der Waals surface area (Å²) in [5.74, 6) is 0. The summed E-state index contributed by atoms with van der Waals surface area (Å²) in [5, 5.41) is 3.21. The molecule has 0 radical (unpaired) electrons. The summed E-state index contributed by atoms with van der Waals surface area (Å²) in [6, 6.07) is 6.79. The summed E-state index contributed by atoms with van der Waals surface area (Å²) in [7, 11) is 1.99. The highest BCUT2D eigenvalue weighted by Gasteiger charge is 2.20. The molecule has 0 saturated carbocycles. The van der Waals surface area contributed by atoms with Crippen molar-refractivity contribution in [2.75, 3.05) is 31.6 Å². The summed E-state index contributed by atoms with van der Waals surface area (Å²) < 4.78 is 5.78. The lowest BCUT2D eigenvalue weighted by molar-refractivity contribution is 0.0527. The first-order valence-electron chi connectivity index (χ1n) is 7.35. The summed E-state index contributed by atoms with van der Waals surface area (Å²) >= 11 is 0. The zero-order valence-electron chi connectivity index (χ0n) is 12.4. The monoisotopic (exact) mass is 262 g/mol. The molecule has 2 rings (SSSR count). The van der Waals surface area contributed by atoms with Crippen molar-refractivity contribution < 1.29 is 4.74 Å². The number of ether oxygens (including phenoxy) is 1. The van der Waals surface area contributed by atoms with Gasteiger partial charge in [-0.2, -0.15) is 0 Å². The lowest BCUT2D eigenvalue weighted by Gasteiger charge is -2.34. The molecule has 0 aromatic heterocycles. The number of nitrogens with one attached hydrogen (secondary N) is 1. The van der Waals surface area contributed by atoms with E-state index in [4.69, 9.17) is 4.74 Å². The number of aryl methyl sites for hydroxylation is 1. The molecule has 0 aliphatic carbocycles. The normalized spacial score (nSPS) is 19.7. The van der Waals surface area contributed by atoms with Gasteiger partial charge in [-0.1, -0.05) is 6.07 Å². The Morgan fingerprint density at radius 1 is 1.42 bits per heavy atom. The van der Waals surface area contributed by atoms with Crippen molar-refractivity contribution in [1.82, 2.24) is 5.32 Å². The van der Waals surface area contributed by atoms with Crippen molar-refractivity contribution >= 4 is 5.69 Å². The second-order valence-electron chi connectivity index (χ2n) is 5.31. The fourth-order valence-corrected chi connectivity index (χ4v) is 2.81. The predicted octanol–water partition coefficient (Wildman–Crippen LogP) is 2.72. The Hall–Kier alpha value is -1.06. The minimum absolute atomic E-state index is 0.399. The standard InChI is InChI=1S/C16H26N2O/c1-4-19-16-6-5-9-18(12-16)15-8-7-14(11-17-3)13(2)10-15/h7-8,10,16-17H,4-6,9,11-12H2,1-3H3. The molecule has 1 aliphatic heterocycles. The van der Waals surface area contributed by atoms with Crippen molar-refractivity contribution in [3.63, 3.8) is 0 Å². The van der Waals surface area contributed by atoms with Crippen LogP contribution in [0.25, 0.3) is 0 Å². The Balaban J connectivity index is 2.06. The first-order valence-corrected chi connectivity index (χ1v) is 7.35. The molecule has 3 heteroatoms.